The van der Waals surface area contributed by atoms with Crippen LogP contribution in [0.1, 0.15) is 5.56 Å². The fraction of sp³-hybridized carbons (Fsp3) is 0.217. The number of rotatable bonds is 6. The Kier molecular flexibility index (Phi) is 5.85. The van der Waals surface area contributed by atoms with Crippen molar-refractivity contribution in [2.75, 3.05) is 26.3 Å². The van der Waals surface area contributed by atoms with Gasteiger partial charge in [-0.3, -0.25) is 14.9 Å². The largest absolute Gasteiger partial charge is 0.453 e. The molecule has 0 aliphatic carbocycles. The SMILES string of the molecule is O=Nc1ccc(Oc2ccnc3cc(-c4ccc(CN5CCOCC5)cn4)sc23)c(F)c1. The van der Waals surface area contributed by atoms with Crippen LogP contribution in [-0.2, 0) is 11.3 Å². The van der Waals surface area contributed by atoms with E-state index in [2.05, 4.69) is 26.1 Å². The van der Waals surface area contributed by atoms with Crippen LogP contribution in [0.3, 0.4) is 0 Å². The highest BCUT2D eigenvalue weighted by molar-refractivity contribution is 7.22. The average molecular weight is 450 g/mol. The van der Waals surface area contributed by atoms with Gasteiger partial charge in [0.1, 0.15) is 11.4 Å². The van der Waals surface area contributed by atoms with Crippen molar-refractivity contribution in [1.29, 1.82) is 0 Å². The summed E-state index contributed by atoms with van der Waals surface area (Å²) in [5.41, 5.74) is 2.75. The fourth-order valence-electron chi connectivity index (χ4n) is 3.55. The molecule has 3 aromatic heterocycles. The van der Waals surface area contributed by atoms with Crippen molar-refractivity contribution in [3.8, 4) is 22.1 Å². The Bertz CT molecular complexity index is 1260. The number of nitroso groups, excluding NO2 is 1. The van der Waals surface area contributed by atoms with Gasteiger partial charge in [0.2, 0.25) is 0 Å². The molecule has 0 radical (unpaired) electrons. The number of thiophene rings is 1. The number of pyridine rings is 2. The summed E-state index contributed by atoms with van der Waals surface area (Å²) < 4.78 is 26.2. The van der Waals surface area contributed by atoms with E-state index in [0.29, 0.717) is 5.75 Å². The molecule has 1 saturated heterocycles. The molecule has 0 spiro atoms. The molecule has 0 amide bonds. The first kappa shape index (κ1) is 20.6. The smallest absolute Gasteiger partial charge is 0.167 e. The van der Waals surface area contributed by atoms with Crippen molar-refractivity contribution in [2.45, 2.75) is 6.54 Å². The van der Waals surface area contributed by atoms with Gasteiger partial charge in [-0.1, -0.05) is 6.07 Å². The molecular weight excluding hydrogens is 431 g/mol. The van der Waals surface area contributed by atoms with Gasteiger partial charge >= 0.3 is 0 Å². The molecule has 0 atom stereocenters. The number of benzene rings is 1. The number of nitrogens with zero attached hydrogens (tertiary/aromatic N) is 4. The first-order valence-corrected chi connectivity index (χ1v) is 11.0. The number of morpholine rings is 1. The van der Waals surface area contributed by atoms with Gasteiger partial charge in [-0.05, 0) is 35.0 Å². The first-order valence-electron chi connectivity index (χ1n) is 10.1. The Morgan fingerprint density at radius 3 is 2.72 bits per heavy atom. The van der Waals surface area contributed by atoms with Crippen LogP contribution in [0, 0.1) is 10.7 Å². The van der Waals surface area contributed by atoms with E-state index in [1.807, 2.05) is 18.3 Å². The molecule has 0 saturated carbocycles. The van der Waals surface area contributed by atoms with Crippen LogP contribution in [0.5, 0.6) is 11.5 Å². The third-order valence-corrected chi connectivity index (χ3v) is 6.37. The van der Waals surface area contributed by atoms with Crippen molar-refractivity contribution in [2.24, 2.45) is 5.18 Å². The second-order valence-corrected chi connectivity index (χ2v) is 8.43. The number of hydrogen-bond acceptors (Lipinski definition) is 8. The molecule has 0 bridgehead atoms. The lowest BCUT2D eigenvalue weighted by atomic mass is 10.2. The Labute approximate surface area is 187 Å². The zero-order valence-corrected chi connectivity index (χ0v) is 17.8. The van der Waals surface area contributed by atoms with E-state index in [-0.39, 0.29) is 11.4 Å². The van der Waals surface area contributed by atoms with E-state index in [9.17, 15) is 9.30 Å². The van der Waals surface area contributed by atoms with E-state index < -0.39 is 5.82 Å². The zero-order valence-electron chi connectivity index (χ0n) is 17.0. The summed E-state index contributed by atoms with van der Waals surface area (Å²) in [5.74, 6) is -0.146. The van der Waals surface area contributed by atoms with Gasteiger partial charge in [0.15, 0.2) is 11.6 Å². The molecular formula is C23H19FN4O3S. The van der Waals surface area contributed by atoms with Crippen LogP contribution in [0.15, 0.2) is 60.0 Å². The number of halogens is 1. The predicted octanol–water partition coefficient (Wildman–Crippen LogP) is 5.52. The van der Waals surface area contributed by atoms with Gasteiger partial charge in [-0.15, -0.1) is 16.2 Å². The maximum absolute atomic E-state index is 14.2. The van der Waals surface area contributed by atoms with E-state index >= 15 is 0 Å². The van der Waals surface area contributed by atoms with Crippen molar-refractivity contribution in [3.63, 3.8) is 0 Å². The normalized spacial score (nSPS) is 14.5. The maximum atomic E-state index is 14.2. The molecule has 1 aliphatic rings. The summed E-state index contributed by atoms with van der Waals surface area (Å²) in [6.45, 7) is 4.26. The molecule has 1 aromatic carbocycles. The van der Waals surface area contributed by atoms with Gasteiger partial charge in [-0.25, -0.2) is 4.39 Å². The fourth-order valence-corrected chi connectivity index (χ4v) is 4.59. The van der Waals surface area contributed by atoms with Crippen molar-refractivity contribution in [1.82, 2.24) is 14.9 Å². The van der Waals surface area contributed by atoms with Gasteiger partial charge < -0.3 is 9.47 Å². The highest BCUT2D eigenvalue weighted by atomic mass is 32.1. The summed E-state index contributed by atoms with van der Waals surface area (Å²) in [6, 6.07) is 11.6. The van der Waals surface area contributed by atoms with E-state index in [4.69, 9.17) is 9.47 Å². The maximum Gasteiger partial charge on any atom is 0.167 e. The van der Waals surface area contributed by atoms with Crippen LogP contribution < -0.4 is 4.74 Å². The van der Waals surface area contributed by atoms with E-state index in [0.717, 1.165) is 65.3 Å². The molecule has 1 aliphatic heterocycles. The van der Waals surface area contributed by atoms with Gasteiger partial charge in [0, 0.05) is 44.2 Å². The van der Waals surface area contributed by atoms with Gasteiger partial charge in [-0.2, -0.15) is 0 Å². The quantitative estimate of drug-likeness (QED) is 0.360. The topological polar surface area (TPSA) is 76.9 Å². The van der Waals surface area contributed by atoms with Crippen LogP contribution in [0.2, 0.25) is 0 Å². The summed E-state index contributed by atoms with van der Waals surface area (Å²) in [6.07, 6.45) is 3.52. The Balaban J connectivity index is 1.38. The standard InChI is InChI=1S/C23H19FN4O3S/c24-17-11-16(27-29)2-4-20(17)31-21-5-6-25-19-12-22(32-23(19)21)18-3-1-15(13-26-18)14-28-7-9-30-10-8-28/h1-6,11-13H,7-10,14H2. The summed E-state index contributed by atoms with van der Waals surface area (Å²) in [5, 5.41) is 2.74. The monoisotopic (exact) mass is 450 g/mol. The number of aromatic nitrogens is 2. The third kappa shape index (κ3) is 4.36. The average Bonchev–Trinajstić information content (AvgIpc) is 3.27. The Morgan fingerprint density at radius 2 is 1.97 bits per heavy atom. The molecule has 162 valence electrons. The lowest BCUT2D eigenvalue weighted by Crippen LogP contribution is -2.35. The highest BCUT2D eigenvalue weighted by Gasteiger charge is 2.15. The number of hydrogen-bond donors (Lipinski definition) is 0. The summed E-state index contributed by atoms with van der Waals surface area (Å²) >= 11 is 1.48. The first-order chi connectivity index (χ1) is 15.7. The Hall–Kier alpha value is -3.27. The van der Waals surface area contributed by atoms with Crippen molar-refractivity contribution in [3.05, 3.63) is 71.1 Å². The minimum Gasteiger partial charge on any atom is -0.453 e. The molecule has 32 heavy (non-hydrogen) atoms. The molecule has 4 heterocycles. The summed E-state index contributed by atoms with van der Waals surface area (Å²) in [4.78, 5) is 22.9. The molecule has 7 nitrogen and oxygen atoms in total. The minimum atomic E-state index is -0.652. The van der Waals surface area contributed by atoms with Crippen LogP contribution in [-0.4, -0.2) is 41.2 Å². The van der Waals surface area contributed by atoms with Crippen molar-refractivity contribution >= 4 is 27.2 Å². The van der Waals surface area contributed by atoms with E-state index in [1.54, 1.807) is 12.3 Å². The second-order valence-electron chi connectivity index (χ2n) is 7.38. The second kappa shape index (κ2) is 9.07. The molecule has 5 rings (SSSR count). The molecule has 1 fully saturated rings. The highest BCUT2D eigenvalue weighted by Crippen LogP contribution is 2.39. The third-order valence-electron chi connectivity index (χ3n) is 5.20. The molecule has 0 unspecified atom stereocenters. The van der Waals surface area contributed by atoms with E-state index in [1.165, 1.54) is 23.5 Å². The number of fused-ring (bicyclic) bond motifs is 1. The van der Waals surface area contributed by atoms with Crippen LogP contribution in [0.25, 0.3) is 20.8 Å². The molecule has 9 heteroatoms. The van der Waals surface area contributed by atoms with Gasteiger partial charge in [0.05, 0.1) is 34.0 Å². The van der Waals surface area contributed by atoms with Crippen LogP contribution >= 0.6 is 11.3 Å². The minimum absolute atomic E-state index is 0.0104. The predicted molar refractivity (Wildman–Crippen MR) is 121 cm³/mol. The zero-order chi connectivity index (χ0) is 21.9. The summed E-state index contributed by atoms with van der Waals surface area (Å²) in [7, 11) is 0. The van der Waals surface area contributed by atoms with Crippen LogP contribution in [0.4, 0.5) is 10.1 Å². The molecule has 0 N–H and O–H groups in total. The lowest BCUT2D eigenvalue weighted by Gasteiger charge is -2.26. The lowest BCUT2D eigenvalue weighted by molar-refractivity contribution is 0.0341. The van der Waals surface area contributed by atoms with Crippen molar-refractivity contribution < 1.29 is 13.9 Å². The number of ether oxygens (including phenoxy) is 2. The van der Waals surface area contributed by atoms with Gasteiger partial charge in [0.25, 0.3) is 0 Å². The molecule has 4 aromatic rings. The Morgan fingerprint density at radius 1 is 1.09 bits per heavy atom.